The Bertz CT molecular complexity index is 877. The average Bonchev–Trinajstić information content (AvgIpc) is 3.25. The fourth-order valence-corrected chi connectivity index (χ4v) is 3.20. The maximum absolute atomic E-state index is 12.8. The number of alkyl carbamates (subject to hydrolysis) is 1. The molecule has 1 aliphatic rings. The molecule has 1 N–H and O–H groups in total. The van der Waals surface area contributed by atoms with Crippen LogP contribution in [0.2, 0.25) is 0 Å². The van der Waals surface area contributed by atoms with Crippen molar-refractivity contribution < 1.29 is 19.1 Å². The van der Waals surface area contributed by atoms with Crippen LogP contribution in [0.1, 0.15) is 31.1 Å². The lowest BCUT2D eigenvalue weighted by atomic mass is 10.1. The van der Waals surface area contributed by atoms with Gasteiger partial charge in [0.05, 0.1) is 0 Å². The molecule has 1 aliphatic heterocycles. The number of hydrogen-bond donors (Lipinski definition) is 1. The van der Waals surface area contributed by atoms with Crippen LogP contribution < -0.4 is 5.32 Å². The first-order valence-electron chi connectivity index (χ1n) is 10.0. The van der Waals surface area contributed by atoms with Crippen molar-refractivity contribution in [3.8, 4) is 5.69 Å². The second-order valence-electron chi connectivity index (χ2n) is 8.17. The molecule has 0 bridgehead atoms. The number of carbonyl (C=O) groups is 3. The van der Waals surface area contributed by atoms with Gasteiger partial charge in [-0.15, -0.1) is 0 Å². The van der Waals surface area contributed by atoms with Crippen LogP contribution in [0.4, 0.5) is 4.79 Å². The Kier molecular flexibility index (Phi) is 6.44. The summed E-state index contributed by atoms with van der Waals surface area (Å²) in [6.07, 6.45) is 3.28. The zero-order valence-electron chi connectivity index (χ0n) is 17.6. The zero-order chi connectivity index (χ0) is 21.7. The van der Waals surface area contributed by atoms with Gasteiger partial charge in [-0.1, -0.05) is 0 Å². The van der Waals surface area contributed by atoms with Crippen LogP contribution in [-0.4, -0.2) is 70.6 Å². The Labute approximate surface area is 176 Å². The highest BCUT2D eigenvalue weighted by molar-refractivity contribution is 5.94. The molecule has 3 amide bonds. The van der Waals surface area contributed by atoms with Gasteiger partial charge in [-0.2, -0.15) is 0 Å². The second kappa shape index (κ2) is 9.02. The van der Waals surface area contributed by atoms with Gasteiger partial charge in [0.15, 0.2) is 0 Å². The molecule has 2 heterocycles. The van der Waals surface area contributed by atoms with E-state index in [0.717, 1.165) is 5.69 Å². The zero-order valence-corrected chi connectivity index (χ0v) is 17.6. The molecule has 0 saturated carbocycles. The van der Waals surface area contributed by atoms with E-state index < -0.39 is 11.7 Å². The van der Waals surface area contributed by atoms with Crippen molar-refractivity contribution in [2.24, 2.45) is 0 Å². The summed E-state index contributed by atoms with van der Waals surface area (Å²) in [6.45, 7) is 6.94. The van der Waals surface area contributed by atoms with Gasteiger partial charge in [0.1, 0.15) is 12.1 Å². The topological polar surface area (TPSA) is 83.9 Å². The normalized spacial score (nSPS) is 14.4. The molecule has 0 spiro atoms. The van der Waals surface area contributed by atoms with E-state index >= 15 is 0 Å². The number of carbonyl (C=O) groups excluding carboxylic acids is 3. The van der Waals surface area contributed by atoms with Crippen LogP contribution in [0, 0.1) is 0 Å². The Morgan fingerprint density at radius 1 is 0.933 bits per heavy atom. The molecular weight excluding hydrogens is 384 g/mol. The first-order chi connectivity index (χ1) is 14.2. The number of aromatic nitrogens is 1. The molecule has 30 heavy (non-hydrogen) atoms. The van der Waals surface area contributed by atoms with E-state index in [-0.39, 0.29) is 18.4 Å². The van der Waals surface area contributed by atoms with Gasteiger partial charge in [-0.25, -0.2) is 4.79 Å². The lowest BCUT2D eigenvalue weighted by Crippen LogP contribution is -2.52. The molecule has 8 nitrogen and oxygen atoms in total. The molecule has 2 aromatic rings. The van der Waals surface area contributed by atoms with Crippen LogP contribution in [-0.2, 0) is 9.53 Å². The van der Waals surface area contributed by atoms with Crippen LogP contribution in [0.3, 0.4) is 0 Å². The summed E-state index contributed by atoms with van der Waals surface area (Å²) < 4.78 is 7.11. The summed E-state index contributed by atoms with van der Waals surface area (Å²) in [6, 6.07) is 11.4. The van der Waals surface area contributed by atoms with Gasteiger partial charge in [0, 0.05) is 49.8 Å². The van der Waals surface area contributed by atoms with E-state index in [1.165, 1.54) is 0 Å². The molecule has 0 unspecified atom stereocenters. The van der Waals surface area contributed by atoms with Gasteiger partial charge in [0.25, 0.3) is 5.91 Å². The monoisotopic (exact) mass is 412 g/mol. The van der Waals surface area contributed by atoms with E-state index in [4.69, 9.17) is 4.74 Å². The first-order valence-corrected chi connectivity index (χ1v) is 10.0. The van der Waals surface area contributed by atoms with E-state index in [2.05, 4.69) is 5.32 Å². The maximum Gasteiger partial charge on any atom is 0.408 e. The third-order valence-electron chi connectivity index (χ3n) is 4.72. The number of ether oxygens (including phenoxy) is 1. The molecule has 0 radical (unpaired) electrons. The lowest BCUT2D eigenvalue weighted by Gasteiger charge is -2.35. The summed E-state index contributed by atoms with van der Waals surface area (Å²) in [5, 5.41) is 2.48. The molecule has 1 aromatic carbocycles. The minimum atomic E-state index is -0.618. The number of nitrogens with zero attached hydrogens (tertiary/aromatic N) is 3. The maximum atomic E-state index is 12.8. The van der Waals surface area contributed by atoms with Gasteiger partial charge >= 0.3 is 6.09 Å². The SMILES string of the molecule is CC(C)(C)OC(=O)NCC(=O)N1CCN(C(=O)c2ccc(-n3cccc3)cc2)CC1. The Balaban J connectivity index is 1.47. The highest BCUT2D eigenvalue weighted by Gasteiger charge is 2.25. The van der Waals surface area contributed by atoms with Crippen molar-refractivity contribution in [2.75, 3.05) is 32.7 Å². The first kappa shape index (κ1) is 21.4. The van der Waals surface area contributed by atoms with Gasteiger partial charge in [-0.05, 0) is 57.2 Å². The summed E-state index contributed by atoms with van der Waals surface area (Å²) in [7, 11) is 0. The molecule has 8 heteroatoms. The largest absolute Gasteiger partial charge is 0.444 e. The Hall–Kier alpha value is -3.29. The minimum Gasteiger partial charge on any atom is -0.444 e. The van der Waals surface area contributed by atoms with Crippen molar-refractivity contribution in [3.05, 3.63) is 54.4 Å². The van der Waals surface area contributed by atoms with Crippen molar-refractivity contribution in [1.82, 2.24) is 19.7 Å². The van der Waals surface area contributed by atoms with Crippen LogP contribution in [0.15, 0.2) is 48.8 Å². The third-order valence-corrected chi connectivity index (χ3v) is 4.72. The third kappa shape index (κ3) is 5.62. The molecule has 160 valence electrons. The van der Waals surface area contributed by atoms with Crippen LogP contribution >= 0.6 is 0 Å². The fraction of sp³-hybridized carbons (Fsp3) is 0.409. The van der Waals surface area contributed by atoms with E-state index in [1.807, 2.05) is 53.4 Å². The van der Waals surface area contributed by atoms with Gasteiger partial charge < -0.3 is 24.4 Å². The van der Waals surface area contributed by atoms with Crippen LogP contribution in [0.5, 0.6) is 0 Å². The lowest BCUT2D eigenvalue weighted by molar-refractivity contribution is -0.131. The summed E-state index contributed by atoms with van der Waals surface area (Å²) in [4.78, 5) is 40.2. The Morgan fingerprint density at radius 2 is 1.50 bits per heavy atom. The van der Waals surface area contributed by atoms with Crippen molar-refractivity contribution in [3.63, 3.8) is 0 Å². The highest BCUT2D eigenvalue weighted by atomic mass is 16.6. The second-order valence-corrected chi connectivity index (χ2v) is 8.17. The van der Waals surface area contributed by atoms with Crippen molar-refractivity contribution in [1.29, 1.82) is 0 Å². The predicted molar refractivity (Wildman–Crippen MR) is 112 cm³/mol. The summed E-state index contributed by atoms with van der Waals surface area (Å²) >= 11 is 0. The van der Waals surface area contributed by atoms with E-state index in [1.54, 1.807) is 30.6 Å². The van der Waals surface area contributed by atoms with Crippen molar-refractivity contribution >= 4 is 17.9 Å². The number of amides is 3. The average molecular weight is 412 g/mol. The molecule has 0 atom stereocenters. The predicted octanol–water partition coefficient (Wildman–Crippen LogP) is 2.29. The molecule has 0 aliphatic carbocycles. The molecule has 1 fully saturated rings. The number of rotatable bonds is 4. The van der Waals surface area contributed by atoms with E-state index in [9.17, 15) is 14.4 Å². The number of piperazine rings is 1. The number of hydrogen-bond acceptors (Lipinski definition) is 4. The number of nitrogens with one attached hydrogen (secondary N) is 1. The molecular formula is C22H28N4O4. The highest BCUT2D eigenvalue weighted by Crippen LogP contribution is 2.13. The standard InChI is InChI=1S/C22H28N4O4/c1-22(2,3)30-21(29)23-16-19(27)25-12-14-26(15-13-25)20(28)17-6-8-18(9-7-17)24-10-4-5-11-24/h4-11H,12-16H2,1-3H3,(H,23,29). The summed E-state index contributed by atoms with van der Waals surface area (Å²) in [5.41, 5.74) is 1.00. The van der Waals surface area contributed by atoms with Gasteiger partial charge in [-0.3, -0.25) is 9.59 Å². The number of benzene rings is 1. The fourth-order valence-electron chi connectivity index (χ4n) is 3.20. The quantitative estimate of drug-likeness (QED) is 0.835. The molecule has 3 rings (SSSR count). The van der Waals surface area contributed by atoms with E-state index in [0.29, 0.717) is 31.7 Å². The molecule has 1 aromatic heterocycles. The Morgan fingerprint density at radius 3 is 2.07 bits per heavy atom. The minimum absolute atomic E-state index is 0.0481. The molecule has 1 saturated heterocycles. The smallest absolute Gasteiger partial charge is 0.408 e. The van der Waals surface area contributed by atoms with Crippen molar-refractivity contribution in [2.45, 2.75) is 26.4 Å². The van der Waals surface area contributed by atoms with Crippen LogP contribution in [0.25, 0.3) is 5.69 Å². The van der Waals surface area contributed by atoms with Gasteiger partial charge in [0.2, 0.25) is 5.91 Å². The summed E-state index contributed by atoms with van der Waals surface area (Å²) in [5.74, 6) is -0.239.